The number of amides is 1. The molecule has 1 aliphatic rings. The van der Waals surface area contributed by atoms with Gasteiger partial charge in [-0.1, -0.05) is 30.3 Å². The number of likely N-dealkylation sites (N-methyl/N-ethyl adjacent to an activating group) is 1. The Hall–Kier alpha value is -2.53. The highest BCUT2D eigenvalue weighted by molar-refractivity contribution is 5.83. The number of rotatable bonds is 5. The second-order valence-corrected chi connectivity index (χ2v) is 6.74. The molecule has 1 atom stereocenters. The van der Waals surface area contributed by atoms with E-state index in [-0.39, 0.29) is 11.9 Å². The van der Waals surface area contributed by atoms with E-state index in [1.165, 1.54) is 11.1 Å². The summed E-state index contributed by atoms with van der Waals surface area (Å²) < 4.78 is 10.9. The highest BCUT2D eigenvalue weighted by atomic mass is 16.5. The van der Waals surface area contributed by atoms with Crippen LogP contribution >= 0.6 is 0 Å². The predicted octanol–water partition coefficient (Wildman–Crippen LogP) is 2.89. The van der Waals surface area contributed by atoms with E-state index < -0.39 is 0 Å². The van der Waals surface area contributed by atoms with Crippen LogP contribution in [0.5, 0.6) is 11.5 Å². The Morgan fingerprint density at radius 2 is 1.65 bits per heavy atom. The quantitative estimate of drug-likeness (QED) is 0.828. The van der Waals surface area contributed by atoms with Crippen molar-refractivity contribution in [1.82, 2.24) is 9.80 Å². The van der Waals surface area contributed by atoms with Gasteiger partial charge < -0.3 is 14.4 Å². The van der Waals surface area contributed by atoms with Crippen LogP contribution in [-0.4, -0.2) is 50.6 Å². The summed E-state index contributed by atoms with van der Waals surface area (Å²) in [6, 6.07) is 13.8. The average molecular weight is 354 g/mol. The molecule has 0 saturated heterocycles. The summed E-state index contributed by atoms with van der Waals surface area (Å²) in [5.41, 5.74) is 3.46. The summed E-state index contributed by atoms with van der Waals surface area (Å²) in [5, 5.41) is 0. The van der Waals surface area contributed by atoms with Gasteiger partial charge in [-0.15, -0.1) is 0 Å². The van der Waals surface area contributed by atoms with Crippen molar-refractivity contribution in [2.45, 2.75) is 19.0 Å². The maximum atomic E-state index is 12.9. The Kier molecular flexibility index (Phi) is 5.47. The lowest BCUT2D eigenvalue weighted by Crippen LogP contribution is -2.42. The molecule has 0 N–H and O–H groups in total. The molecule has 138 valence electrons. The van der Waals surface area contributed by atoms with Crippen LogP contribution in [0.3, 0.4) is 0 Å². The monoisotopic (exact) mass is 354 g/mol. The second-order valence-electron chi connectivity index (χ2n) is 6.74. The van der Waals surface area contributed by atoms with Gasteiger partial charge in [0.15, 0.2) is 11.5 Å². The number of methoxy groups -OCH3 is 2. The van der Waals surface area contributed by atoms with Crippen LogP contribution in [0.1, 0.15) is 22.7 Å². The van der Waals surface area contributed by atoms with Gasteiger partial charge in [0.2, 0.25) is 5.91 Å². The van der Waals surface area contributed by atoms with E-state index in [0.717, 1.165) is 30.0 Å². The molecule has 2 aromatic carbocycles. The van der Waals surface area contributed by atoms with Crippen LogP contribution in [0.15, 0.2) is 42.5 Å². The zero-order valence-corrected chi connectivity index (χ0v) is 15.9. The van der Waals surface area contributed by atoms with Crippen molar-refractivity contribution >= 4 is 5.91 Å². The number of benzene rings is 2. The summed E-state index contributed by atoms with van der Waals surface area (Å²) in [4.78, 5) is 16.8. The lowest BCUT2D eigenvalue weighted by molar-refractivity contribution is -0.135. The predicted molar refractivity (Wildman–Crippen MR) is 102 cm³/mol. The summed E-state index contributed by atoms with van der Waals surface area (Å²) in [6.07, 6.45) is 0.875. The van der Waals surface area contributed by atoms with Crippen molar-refractivity contribution in [2.75, 3.05) is 34.9 Å². The van der Waals surface area contributed by atoms with Gasteiger partial charge in [0.1, 0.15) is 6.04 Å². The molecular formula is C21H26N2O3. The van der Waals surface area contributed by atoms with E-state index in [1.807, 2.05) is 50.5 Å². The number of hydrogen-bond donors (Lipinski definition) is 0. The Labute approximate surface area is 155 Å². The zero-order chi connectivity index (χ0) is 18.7. The van der Waals surface area contributed by atoms with E-state index in [0.29, 0.717) is 6.54 Å². The summed E-state index contributed by atoms with van der Waals surface area (Å²) in [6.45, 7) is 1.52. The number of carbonyl (C=O) groups excluding carboxylic acids is 1. The van der Waals surface area contributed by atoms with Crippen LogP contribution < -0.4 is 9.47 Å². The fourth-order valence-corrected chi connectivity index (χ4v) is 3.51. The fourth-order valence-electron chi connectivity index (χ4n) is 3.51. The molecule has 0 aliphatic carbocycles. The fraction of sp³-hybridized carbons (Fsp3) is 0.381. The molecule has 0 spiro atoms. The zero-order valence-electron chi connectivity index (χ0n) is 15.9. The van der Waals surface area contributed by atoms with Crippen LogP contribution in [-0.2, 0) is 17.8 Å². The van der Waals surface area contributed by atoms with Crippen molar-refractivity contribution in [3.63, 3.8) is 0 Å². The molecule has 0 aromatic heterocycles. The molecule has 1 amide bonds. The molecular weight excluding hydrogens is 328 g/mol. The van der Waals surface area contributed by atoms with Gasteiger partial charge in [0.25, 0.3) is 0 Å². The molecule has 5 nitrogen and oxygen atoms in total. The molecule has 1 unspecified atom stereocenters. The third-order valence-corrected chi connectivity index (χ3v) is 4.90. The van der Waals surface area contributed by atoms with Gasteiger partial charge in [-0.2, -0.15) is 0 Å². The normalized spacial score (nSPS) is 15.1. The van der Waals surface area contributed by atoms with Gasteiger partial charge >= 0.3 is 0 Å². The first-order valence-corrected chi connectivity index (χ1v) is 8.79. The molecule has 1 aliphatic heterocycles. The van der Waals surface area contributed by atoms with Crippen LogP contribution in [0.2, 0.25) is 0 Å². The minimum absolute atomic E-state index is 0.0973. The standard InChI is InChI=1S/C21H26N2O3/c1-22(2)21(24)20(15-8-6-5-7-9-15)23-11-10-16-12-18(25-3)19(26-4)13-17(16)14-23/h5-9,12-13,20H,10-11,14H2,1-4H3. The molecule has 0 saturated carbocycles. The SMILES string of the molecule is COc1cc2c(cc1OC)CN(C(C(=O)N(C)C)c1ccccc1)CC2. The maximum Gasteiger partial charge on any atom is 0.244 e. The lowest BCUT2D eigenvalue weighted by Gasteiger charge is -2.36. The molecule has 3 rings (SSSR count). The minimum atomic E-state index is -0.285. The van der Waals surface area contributed by atoms with Crippen LogP contribution in [0.25, 0.3) is 0 Å². The molecule has 0 fully saturated rings. The Balaban J connectivity index is 1.95. The smallest absolute Gasteiger partial charge is 0.244 e. The molecule has 0 bridgehead atoms. The molecule has 1 heterocycles. The number of ether oxygens (including phenoxy) is 2. The van der Waals surface area contributed by atoms with Crippen molar-refractivity contribution in [3.05, 3.63) is 59.2 Å². The first-order valence-electron chi connectivity index (χ1n) is 8.79. The minimum Gasteiger partial charge on any atom is -0.493 e. The summed E-state index contributed by atoms with van der Waals surface area (Å²) in [7, 11) is 6.92. The molecule has 5 heteroatoms. The third-order valence-electron chi connectivity index (χ3n) is 4.90. The second kappa shape index (κ2) is 7.79. The molecule has 0 radical (unpaired) electrons. The number of carbonyl (C=O) groups is 1. The first-order chi connectivity index (χ1) is 12.5. The van der Waals surface area contributed by atoms with Crippen molar-refractivity contribution in [3.8, 4) is 11.5 Å². The van der Waals surface area contributed by atoms with Gasteiger partial charge in [-0.3, -0.25) is 9.69 Å². The van der Waals surface area contributed by atoms with Crippen LogP contribution in [0.4, 0.5) is 0 Å². The summed E-state index contributed by atoms with van der Waals surface area (Å²) in [5.74, 6) is 1.58. The van der Waals surface area contributed by atoms with Gasteiger partial charge in [-0.05, 0) is 35.2 Å². The van der Waals surface area contributed by atoms with Gasteiger partial charge in [0, 0.05) is 27.2 Å². The Bertz CT molecular complexity index is 774. The Morgan fingerprint density at radius 1 is 1.04 bits per heavy atom. The third kappa shape index (κ3) is 3.53. The van der Waals surface area contributed by atoms with E-state index in [2.05, 4.69) is 11.0 Å². The number of fused-ring (bicyclic) bond motifs is 1. The van der Waals surface area contributed by atoms with Gasteiger partial charge in [0.05, 0.1) is 14.2 Å². The highest BCUT2D eigenvalue weighted by Gasteiger charge is 2.31. The number of nitrogens with zero attached hydrogens (tertiary/aromatic N) is 2. The number of hydrogen-bond acceptors (Lipinski definition) is 4. The first kappa shape index (κ1) is 18.3. The lowest BCUT2D eigenvalue weighted by atomic mass is 9.95. The van der Waals surface area contributed by atoms with Crippen LogP contribution in [0, 0.1) is 0 Å². The largest absolute Gasteiger partial charge is 0.493 e. The van der Waals surface area contributed by atoms with E-state index in [4.69, 9.17) is 9.47 Å². The highest BCUT2D eigenvalue weighted by Crippen LogP contribution is 2.35. The maximum absolute atomic E-state index is 12.9. The Morgan fingerprint density at radius 3 is 2.23 bits per heavy atom. The summed E-state index contributed by atoms with van der Waals surface area (Å²) >= 11 is 0. The van der Waals surface area contributed by atoms with E-state index in [1.54, 1.807) is 19.1 Å². The van der Waals surface area contributed by atoms with Crippen molar-refractivity contribution in [1.29, 1.82) is 0 Å². The van der Waals surface area contributed by atoms with Gasteiger partial charge in [-0.25, -0.2) is 0 Å². The van der Waals surface area contributed by atoms with E-state index >= 15 is 0 Å². The van der Waals surface area contributed by atoms with E-state index in [9.17, 15) is 4.79 Å². The molecule has 2 aromatic rings. The van der Waals surface area contributed by atoms with Crippen molar-refractivity contribution in [2.24, 2.45) is 0 Å². The topological polar surface area (TPSA) is 42.0 Å². The van der Waals surface area contributed by atoms with Crippen molar-refractivity contribution < 1.29 is 14.3 Å². The molecule has 26 heavy (non-hydrogen) atoms. The average Bonchev–Trinajstić information content (AvgIpc) is 2.67.